The first kappa shape index (κ1) is 24.6. The van der Waals surface area contributed by atoms with Crippen LogP contribution in [0.2, 0.25) is 0 Å². The molecule has 2 aliphatic heterocycles. The summed E-state index contributed by atoms with van der Waals surface area (Å²) in [7, 11) is 4.35. The molecule has 1 N–H and O–H groups in total. The molecule has 0 aliphatic carbocycles. The Labute approximate surface area is 193 Å². The summed E-state index contributed by atoms with van der Waals surface area (Å²) in [4.78, 5) is 16.3. The number of rotatable bonds is 6. The van der Waals surface area contributed by atoms with Crippen molar-refractivity contribution in [1.82, 2.24) is 24.7 Å². The van der Waals surface area contributed by atoms with Crippen molar-refractivity contribution in [2.45, 2.75) is 19.8 Å². The second-order valence-corrected chi connectivity index (χ2v) is 8.79. The lowest BCUT2D eigenvalue weighted by Gasteiger charge is -2.28. The van der Waals surface area contributed by atoms with Crippen molar-refractivity contribution in [3.05, 3.63) is 42.1 Å². The Balaban J connectivity index is 0.000000305. The normalized spacial score (nSPS) is 18.5. The molecular weight excluding hydrogens is 400 g/mol. The zero-order valence-electron chi connectivity index (χ0n) is 20.1. The fourth-order valence-electron chi connectivity index (χ4n) is 3.78. The molecule has 2 fully saturated rings. The van der Waals surface area contributed by atoms with Gasteiger partial charge >= 0.3 is 0 Å². The molecule has 32 heavy (non-hydrogen) atoms. The largest absolute Gasteiger partial charge is 0.380 e. The molecule has 2 saturated heterocycles. The van der Waals surface area contributed by atoms with Crippen LogP contribution in [0.25, 0.3) is 11.4 Å². The van der Waals surface area contributed by atoms with E-state index in [1.807, 2.05) is 43.5 Å². The molecule has 2 aromatic rings. The van der Waals surface area contributed by atoms with Gasteiger partial charge in [0.05, 0.1) is 6.61 Å². The van der Waals surface area contributed by atoms with Gasteiger partial charge in [0.2, 0.25) is 0 Å². The van der Waals surface area contributed by atoms with Gasteiger partial charge in [-0.25, -0.2) is 9.97 Å². The van der Waals surface area contributed by atoms with Gasteiger partial charge in [0.1, 0.15) is 5.82 Å². The maximum atomic E-state index is 5.50. The molecule has 0 amide bonds. The SMILES string of the molecule is CN1CCN(C)CC1.Cc1cnc(-c2ccccc2)nc1NCCCN1CCCOCC1. The predicted octanol–water partition coefficient (Wildman–Crippen LogP) is 2.84. The minimum atomic E-state index is 0.772. The van der Waals surface area contributed by atoms with E-state index < -0.39 is 0 Å². The van der Waals surface area contributed by atoms with Crippen molar-refractivity contribution in [3.63, 3.8) is 0 Å². The zero-order chi connectivity index (χ0) is 22.6. The Morgan fingerprint density at radius 1 is 0.938 bits per heavy atom. The number of anilines is 1. The highest BCUT2D eigenvalue weighted by Crippen LogP contribution is 2.18. The Hall–Kier alpha value is -2.06. The summed E-state index contributed by atoms with van der Waals surface area (Å²) >= 11 is 0. The van der Waals surface area contributed by atoms with Crippen LogP contribution in [0.1, 0.15) is 18.4 Å². The van der Waals surface area contributed by atoms with Gasteiger partial charge in [0, 0.05) is 69.7 Å². The molecule has 0 atom stereocenters. The predicted molar refractivity (Wildman–Crippen MR) is 132 cm³/mol. The number of ether oxygens (including phenoxy) is 1. The molecule has 2 aliphatic rings. The Morgan fingerprint density at radius 2 is 1.66 bits per heavy atom. The molecule has 0 saturated carbocycles. The maximum absolute atomic E-state index is 5.50. The minimum absolute atomic E-state index is 0.772. The van der Waals surface area contributed by atoms with Crippen molar-refractivity contribution >= 4 is 5.82 Å². The van der Waals surface area contributed by atoms with Gasteiger partial charge in [-0.15, -0.1) is 0 Å². The average molecular weight is 441 g/mol. The molecule has 7 nitrogen and oxygen atoms in total. The van der Waals surface area contributed by atoms with Gasteiger partial charge < -0.3 is 24.8 Å². The van der Waals surface area contributed by atoms with Crippen molar-refractivity contribution in [1.29, 1.82) is 0 Å². The third kappa shape index (κ3) is 8.47. The molecule has 3 heterocycles. The van der Waals surface area contributed by atoms with Crippen LogP contribution in [0, 0.1) is 6.92 Å². The summed E-state index contributed by atoms with van der Waals surface area (Å²) in [5, 5.41) is 3.47. The van der Waals surface area contributed by atoms with Crippen molar-refractivity contribution in [3.8, 4) is 11.4 Å². The Kier molecular flexibility index (Phi) is 10.4. The van der Waals surface area contributed by atoms with E-state index in [2.05, 4.69) is 44.1 Å². The highest BCUT2D eigenvalue weighted by atomic mass is 16.5. The number of likely N-dealkylation sites (N-methyl/N-ethyl adjacent to an activating group) is 2. The van der Waals surface area contributed by atoms with Crippen molar-refractivity contribution in [2.24, 2.45) is 0 Å². The number of benzene rings is 1. The number of nitrogens with zero attached hydrogens (tertiary/aromatic N) is 5. The lowest BCUT2D eigenvalue weighted by Crippen LogP contribution is -2.42. The first-order chi connectivity index (χ1) is 15.6. The molecule has 1 aromatic heterocycles. The molecule has 0 spiro atoms. The monoisotopic (exact) mass is 440 g/mol. The standard InChI is InChI=1S/C19H26N4O.C6H14N2/c1-16-15-21-19(17-7-3-2-4-8-17)22-18(16)20-9-5-10-23-11-6-13-24-14-12-23;1-7-3-5-8(2)6-4-7/h2-4,7-8,15H,5-6,9-14H2,1H3,(H,20,21,22);3-6H2,1-2H3. The molecule has 7 heteroatoms. The number of hydrogen-bond acceptors (Lipinski definition) is 7. The van der Waals surface area contributed by atoms with E-state index in [1.54, 1.807) is 0 Å². The number of hydrogen-bond donors (Lipinski definition) is 1. The maximum Gasteiger partial charge on any atom is 0.161 e. The number of aryl methyl sites for hydroxylation is 1. The van der Waals surface area contributed by atoms with E-state index >= 15 is 0 Å². The van der Waals surface area contributed by atoms with Crippen LogP contribution in [0.5, 0.6) is 0 Å². The van der Waals surface area contributed by atoms with Crippen LogP contribution in [0.3, 0.4) is 0 Å². The fourth-order valence-corrected chi connectivity index (χ4v) is 3.78. The summed E-state index contributed by atoms with van der Waals surface area (Å²) in [6, 6.07) is 10.1. The third-order valence-corrected chi connectivity index (χ3v) is 5.99. The fraction of sp³-hybridized carbons (Fsp3) is 0.600. The summed E-state index contributed by atoms with van der Waals surface area (Å²) in [6.45, 7) is 12.9. The number of piperazine rings is 1. The average Bonchev–Trinajstić information content (AvgIpc) is 3.10. The quantitative estimate of drug-likeness (QED) is 0.693. The molecule has 0 radical (unpaired) electrons. The summed E-state index contributed by atoms with van der Waals surface area (Å²) < 4.78 is 5.50. The number of nitrogens with one attached hydrogen (secondary N) is 1. The molecule has 0 unspecified atom stereocenters. The number of aromatic nitrogens is 2. The van der Waals surface area contributed by atoms with Crippen LogP contribution in [0.4, 0.5) is 5.82 Å². The summed E-state index contributed by atoms with van der Waals surface area (Å²) in [6.07, 6.45) is 4.13. The second-order valence-electron chi connectivity index (χ2n) is 8.79. The van der Waals surface area contributed by atoms with Crippen LogP contribution in [-0.4, -0.2) is 104 Å². The lowest BCUT2D eigenvalue weighted by molar-refractivity contribution is 0.141. The van der Waals surface area contributed by atoms with Gasteiger partial charge in [0.15, 0.2) is 5.82 Å². The zero-order valence-corrected chi connectivity index (χ0v) is 20.1. The van der Waals surface area contributed by atoms with Crippen LogP contribution >= 0.6 is 0 Å². The smallest absolute Gasteiger partial charge is 0.161 e. The minimum Gasteiger partial charge on any atom is -0.380 e. The van der Waals surface area contributed by atoms with Gasteiger partial charge in [-0.2, -0.15) is 0 Å². The highest BCUT2D eigenvalue weighted by Gasteiger charge is 2.10. The van der Waals surface area contributed by atoms with E-state index in [0.717, 1.165) is 75.0 Å². The Bertz CT molecular complexity index is 761. The molecule has 4 rings (SSSR count). The van der Waals surface area contributed by atoms with Gasteiger partial charge in [-0.1, -0.05) is 30.3 Å². The van der Waals surface area contributed by atoms with Gasteiger partial charge in [0.25, 0.3) is 0 Å². The van der Waals surface area contributed by atoms with E-state index in [9.17, 15) is 0 Å². The Morgan fingerprint density at radius 3 is 2.38 bits per heavy atom. The van der Waals surface area contributed by atoms with Crippen LogP contribution in [-0.2, 0) is 4.74 Å². The second kappa shape index (κ2) is 13.5. The highest BCUT2D eigenvalue weighted by molar-refractivity contribution is 5.58. The van der Waals surface area contributed by atoms with Gasteiger partial charge in [-0.3, -0.25) is 0 Å². The molecule has 0 bridgehead atoms. The van der Waals surface area contributed by atoms with Crippen LogP contribution < -0.4 is 5.32 Å². The summed E-state index contributed by atoms with van der Waals surface area (Å²) in [5.41, 5.74) is 2.13. The third-order valence-electron chi connectivity index (χ3n) is 5.99. The molecule has 1 aromatic carbocycles. The molecular formula is C25H40N6O. The molecule has 176 valence electrons. The lowest BCUT2D eigenvalue weighted by atomic mass is 10.2. The van der Waals surface area contributed by atoms with Crippen molar-refractivity contribution in [2.75, 3.05) is 85.0 Å². The van der Waals surface area contributed by atoms with E-state index in [0.29, 0.717) is 0 Å². The van der Waals surface area contributed by atoms with E-state index in [-0.39, 0.29) is 0 Å². The first-order valence-electron chi connectivity index (χ1n) is 11.9. The topological polar surface area (TPSA) is 56.8 Å². The first-order valence-corrected chi connectivity index (χ1v) is 11.9. The van der Waals surface area contributed by atoms with Crippen LogP contribution in [0.15, 0.2) is 36.5 Å². The summed E-state index contributed by atoms with van der Waals surface area (Å²) in [5.74, 6) is 1.71. The van der Waals surface area contributed by atoms with E-state index in [1.165, 1.54) is 26.2 Å². The van der Waals surface area contributed by atoms with Gasteiger partial charge in [-0.05, 0) is 40.4 Å². The van der Waals surface area contributed by atoms with Crippen molar-refractivity contribution < 1.29 is 4.74 Å². The van der Waals surface area contributed by atoms with E-state index in [4.69, 9.17) is 4.74 Å².